The fourth-order valence-corrected chi connectivity index (χ4v) is 6.89. The minimum absolute atomic E-state index is 0.208. The molecule has 0 spiro atoms. The van der Waals surface area contributed by atoms with Crippen molar-refractivity contribution in [3.8, 4) is 0 Å². The van der Waals surface area contributed by atoms with Crippen LogP contribution < -0.4 is 0 Å². The van der Waals surface area contributed by atoms with E-state index in [1.54, 1.807) is 6.07 Å². The van der Waals surface area contributed by atoms with Crippen LogP contribution in [0, 0.1) is 0 Å². The van der Waals surface area contributed by atoms with Gasteiger partial charge in [-0.25, -0.2) is 9.78 Å². The van der Waals surface area contributed by atoms with Gasteiger partial charge < -0.3 is 4.90 Å². The molecule has 0 aliphatic rings. The third-order valence-electron chi connectivity index (χ3n) is 4.20. The van der Waals surface area contributed by atoms with Crippen molar-refractivity contribution >= 4 is 31.2 Å². The highest BCUT2D eigenvalue weighted by Crippen LogP contribution is 2.61. The second-order valence-corrected chi connectivity index (χ2v) is 12.5. The molecule has 3 nitrogen and oxygen atoms in total. The molecular weight excluding hydrogens is 351 g/mol. The number of nitrogens with zero attached hydrogens (tertiary/aromatic N) is 2. The summed E-state index contributed by atoms with van der Waals surface area (Å²) in [6.07, 6.45) is 0.889. The van der Waals surface area contributed by atoms with E-state index in [1.165, 1.54) is 0 Å². The number of aromatic nitrogens is 1. The molecule has 0 radical (unpaired) electrons. The highest BCUT2D eigenvalue weighted by molar-refractivity contribution is 7.60. The Labute approximate surface area is 159 Å². The lowest BCUT2D eigenvalue weighted by Crippen LogP contribution is -2.26. The summed E-state index contributed by atoms with van der Waals surface area (Å²) >= 11 is 6.36. The highest BCUT2D eigenvalue weighted by Gasteiger charge is 2.34. The maximum Gasteiger partial charge on any atom is 0.152 e. The predicted molar refractivity (Wildman–Crippen MR) is 111 cm³/mol. The minimum atomic E-state index is -0.332. The van der Waals surface area contributed by atoms with Crippen LogP contribution in [0.4, 0.5) is 0 Å². The number of hydrogen-bond donors (Lipinski definition) is 0. The number of rotatable bonds is 6. The highest BCUT2D eigenvalue weighted by atomic mass is 35.5. The summed E-state index contributed by atoms with van der Waals surface area (Å²) in [6, 6.07) is 3.70. The molecular formula is C20H32ClN2OP. The number of hydrogen-bond acceptors (Lipinski definition) is 3. The molecule has 0 atom stereocenters. The van der Waals surface area contributed by atoms with Crippen molar-refractivity contribution in [2.24, 2.45) is 0 Å². The van der Waals surface area contributed by atoms with E-state index in [9.17, 15) is 4.79 Å². The van der Waals surface area contributed by atoms with E-state index in [0.29, 0.717) is 16.4 Å². The molecule has 0 aliphatic carbocycles. The quantitative estimate of drug-likeness (QED) is 0.458. The topological polar surface area (TPSA) is 33.2 Å². The van der Waals surface area contributed by atoms with Crippen LogP contribution in [0.1, 0.15) is 66.8 Å². The lowest BCUT2D eigenvalue weighted by atomic mass is 10.2. The van der Waals surface area contributed by atoms with Gasteiger partial charge in [-0.15, -0.1) is 0 Å². The van der Waals surface area contributed by atoms with E-state index in [1.807, 2.05) is 24.8 Å². The van der Waals surface area contributed by atoms with E-state index in [0.717, 1.165) is 24.9 Å². The molecule has 0 saturated carbocycles. The SMILES string of the molecule is CCN(CC)C(=C=O)c1cc(Cl)cc(CP(C(C)(C)C)C(C)(C)C)n1. The lowest BCUT2D eigenvalue weighted by Gasteiger charge is -2.41. The van der Waals surface area contributed by atoms with Crippen molar-refractivity contribution in [2.45, 2.75) is 71.9 Å². The molecule has 140 valence electrons. The molecule has 25 heavy (non-hydrogen) atoms. The van der Waals surface area contributed by atoms with Crippen LogP contribution in [0.3, 0.4) is 0 Å². The molecule has 1 aromatic rings. The maximum atomic E-state index is 11.5. The van der Waals surface area contributed by atoms with Gasteiger partial charge in [0.25, 0.3) is 0 Å². The van der Waals surface area contributed by atoms with E-state index >= 15 is 0 Å². The number of carbonyl (C=O) groups excluding carboxylic acids is 1. The summed E-state index contributed by atoms with van der Waals surface area (Å²) in [5.41, 5.74) is 2.07. The summed E-state index contributed by atoms with van der Waals surface area (Å²) in [7, 11) is -0.332. The Balaban J connectivity index is 3.32. The van der Waals surface area contributed by atoms with Crippen molar-refractivity contribution in [1.29, 1.82) is 0 Å². The van der Waals surface area contributed by atoms with Gasteiger partial charge in [0.2, 0.25) is 0 Å². The Kier molecular flexibility index (Phi) is 7.69. The van der Waals surface area contributed by atoms with E-state index in [4.69, 9.17) is 16.6 Å². The number of halogens is 1. The van der Waals surface area contributed by atoms with Crippen LogP contribution >= 0.6 is 19.5 Å². The molecule has 0 saturated heterocycles. The second-order valence-electron chi connectivity index (χ2n) is 8.21. The lowest BCUT2D eigenvalue weighted by molar-refractivity contribution is 0.439. The summed E-state index contributed by atoms with van der Waals surface area (Å²) in [5, 5.41) is 1.04. The zero-order valence-corrected chi connectivity index (χ0v) is 18.6. The summed E-state index contributed by atoms with van der Waals surface area (Å²) < 4.78 is 0. The Hall–Kier alpha value is -0.880. The van der Waals surface area contributed by atoms with Crippen molar-refractivity contribution in [3.05, 3.63) is 28.5 Å². The molecule has 0 aliphatic heterocycles. The Morgan fingerprint density at radius 2 is 1.64 bits per heavy atom. The molecule has 0 unspecified atom stereocenters. The average Bonchev–Trinajstić information content (AvgIpc) is 2.47. The molecule has 0 bridgehead atoms. The van der Waals surface area contributed by atoms with Crippen molar-refractivity contribution in [2.75, 3.05) is 13.1 Å². The molecule has 0 fully saturated rings. The smallest absolute Gasteiger partial charge is 0.152 e. The van der Waals surface area contributed by atoms with Gasteiger partial charge in [0.05, 0.1) is 5.69 Å². The van der Waals surface area contributed by atoms with Gasteiger partial charge in [0, 0.05) is 30.0 Å². The monoisotopic (exact) mass is 382 g/mol. The van der Waals surface area contributed by atoms with Gasteiger partial charge in [0.15, 0.2) is 5.94 Å². The van der Waals surface area contributed by atoms with Crippen molar-refractivity contribution in [1.82, 2.24) is 9.88 Å². The van der Waals surface area contributed by atoms with Crippen LogP contribution in [0.2, 0.25) is 5.02 Å². The van der Waals surface area contributed by atoms with Crippen molar-refractivity contribution in [3.63, 3.8) is 0 Å². The summed E-state index contributed by atoms with van der Waals surface area (Å²) in [4.78, 5) is 18.3. The first kappa shape index (κ1) is 22.2. The van der Waals surface area contributed by atoms with Crippen LogP contribution in [0.15, 0.2) is 12.1 Å². The fraction of sp³-hybridized carbons (Fsp3) is 0.650. The van der Waals surface area contributed by atoms with Gasteiger partial charge in [-0.3, -0.25) is 0 Å². The first-order valence-corrected chi connectivity index (χ1v) is 10.8. The molecule has 0 aromatic carbocycles. The van der Waals surface area contributed by atoms with E-state index in [-0.39, 0.29) is 18.2 Å². The minimum Gasteiger partial charge on any atom is -0.361 e. The van der Waals surface area contributed by atoms with Crippen molar-refractivity contribution < 1.29 is 4.79 Å². The van der Waals surface area contributed by atoms with Gasteiger partial charge >= 0.3 is 0 Å². The molecule has 1 aromatic heterocycles. The first-order valence-electron chi connectivity index (χ1n) is 8.88. The Morgan fingerprint density at radius 3 is 2.04 bits per heavy atom. The molecule has 0 amide bonds. The average molecular weight is 383 g/mol. The second kappa shape index (κ2) is 8.67. The normalized spacial score (nSPS) is 12.2. The zero-order chi connectivity index (χ0) is 19.4. The standard InChI is InChI=1S/C20H32ClN2OP/c1-9-23(10-2)18(13-24)17-12-15(21)11-16(22-17)14-25(19(3,4)5)20(6,7)8/h11-12H,9-10,14H2,1-8H3. The summed E-state index contributed by atoms with van der Waals surface area (Å²) in [5.74, 6) is 2.07. The molecule has 1 heterocycles. The Morgan fingerprint density at radius 1 is 1.12 bits per heavy atom. The van der Waals surface area contributed by atoms with Crippen LogP contribution in [0.25, 0.3) is 5.70 Å². The van der Waals surface area contributed by atoms with Gasteiger partial charge in [-0.1, -0.05) is 61.1 Å². The predicted octanol–water partition coefficient (Wildman–Crippen LogP) is 5.83. The van der Waals surface area contributed by atoms with Gasteiger partial charge in [0.1, 0.15) is 5.70 Å². The van der Waals surface area contributed by atoms with Crippen LogP contribution in [-0.2, 0) is 11.0 Å². The van der Waals surface area contributed by atoms with E-state index < -0.39 is 0 Å². The zero-order valence-electron chi connectivity index (χ0n) is 16.9. The largest absolute Gasteiger partial charge is 0.361 e. The van der Waals surface area contributed by atoms with Crippen LogP contribution in [-0.4, -0.2) is 39.2 Å². The first-order chi connectivity index (χ1) is 11.4. The molecule has 0 N–H and O–H groups in total. The molecule has 1 rings (SSSR count). The third-order valence-corrected chi connectivity index (χ3v) is 8.30. The van der Waals surface area contributed by atoms with Crippen LogP contribution in [0.5, 0.6) is 0 Å². The summed E-state index contributed by atoms with van der Waals surface area (Å²) in [6.45, 7) is 19.3. The molecule has 5 heteroatoms. The third kappa shape index (κ3) is 6.10. The van der Waals surface area contributed by atoms with Gasteiger partial charge in [-0.2, -0.15) is 0 Å². The van der Waals surface area contributed by atoms with Gasteiger partial charge in [-0.05, 0) is 36.3 Å². The Bertz CT molecular complexity index is 622. The van der Waals surface area contributed by atoms with E-state index in [2.05, 4.69) is 47.5 Å². The fourth-order valence-electron chi connectivity index (χ4n) is 3.21. The number of pyridine rings is 1. The maximum absolute atomic E-state index is 11.5.